The van der Waals surface area contributed by atoms with E-state index in [0.29, 0.717) is 10.8 Å². The number of nitrogens with zero attached hydrogens (tertiary/aromatic N) is 1. The predicted molar refractivity (Wildman–Crippen MR) is 77.5 cm³/mol. The second kappa shape index (κ2) is 7.81. The van der Waals surface area contributed by atoms with Crippen molar-refractivity contribution in [3.05, 3.63) is 54.6 Å². The van der Waals surface area contributed by atoms with Crippen molar-refractivity contribution < 1.29 is 19.9 Å². The Morgan fingerprint density at radius 1 is 0.905 bits per heavy atom. The van der Waals surface area contributed by atoms with Crippen LogP contribution < -0.4 is 10.2 Å². The molecule has 21 heavy (non-hydrogen) atoms. The maximum Gasteiger partial charge on any atom is 0.247 e. The summed E-state index contributed by atoms with van der Waals surface area (Å²) >= 11 is 0. The van der Waals surface area contributed by atoms with E-state index in [1.54, 1.807) is 12.1 Å². The molecule has 0 fully saturated rings. The van der Waals surface area contributed by atoms with E-state index in [2.05, 4.69) is 0 Å². The first-order chi connectivity index (χ1) is 9.91. The molecule has 0 aromatic heterocycles. The van der Waals surface area contributed by atoms with E-state index < -0.39 is 11.9 Å². The minimum absolute atomic E-state index is 0.405. The Labute approximate surface area is 123 Å². The Hall–Kier alpha value is -2.66. The highest BCUT2D eigenvalue weighted by Gasteiger charge is 2.07. The highest BCUT2D eigenvalue weighted by Crippen LogP contribution is 2.22. The van der Waals surface area contributed by atoms with Gasteiger partial charge in [0.2, 0.25) is 5.91 Å². The first kappa shape index (κ1) is 16.4. The van der Waals surface area contributed by atoms with E-state index in [0.717, 1.165) is 18.1 Å². The molecule has 0 aliphatic carbocycles. The normalized spacial score (nSPS) is 9.29. The molecule has 1 amide bonds. The van der Waals surface area contributed by atoms with Crippen molar-refractivity contribution in [3.63, 3.8) is 0 Å². The van der Waals surface area contributed by atoms with Crippen molar-refractivity contribution >= 4 is 17.6 Å². The van der Waals surface area contributed by atoms with Crippen LogP contribution in [0.2, 0.25) is 0 Å². The van der Waals surface area contributed by atoms with Crippen LogP contribution in [-0.4, -0.2) is 17.1 Å². The standard InChI is InChI=1S/C14H13NO2.C2H4O2/c1-11(16)15(17)14-9-7-13(8-10-14)12-5-3-2-4-6-12;1-2(3)4/h2-10,17H,1H3;1H3,(H,3,4)/p-1. The molecule has 0 saturated carbocycles. The lowest BCUT2D eigenvalue weighted by molar-refractivity contribution is -0.302. The molecular weight excluding hydrogens is 270 g/mol. The van der Waals surface area contributed by atoms with Crippen LogP contribution in [0.5, 0.6) is 0 Å². The summed E-state index contributed by atoms with van der Waals surface area (Å²) in [5.41, 5.74) is 2.62. The van der Waals surface area contributed by atoms with Crippen LogP contribution in [0.1, 0.15) is 13.8 Å². The summed E-state index contributed by atoms with van der Waals surface area (Å²) in [6, 6.07) is 17.1. The quantitative estimate of drug-likeness (QED) is 0.675. The third-order valence-electron chi connectivity index (χ3n) is 2.52. The Morgan fingerprint density at radius 2 is 1.33 bits per heavy atom. The third-order valence-corrected chi connectivity index (χ3v) is 2.52. The van der Waals surface area contributed by atoms with Crippen LogP contribution >= 0.6 is 0 Å². The van der Waals surface area contributed by atoms with Crippen LogP contribution in [0, 0.1) is 0 Å². The molecule has 0 aliphatic rings. The van der Waals surface area contributed by atoms with E-state index in [1.165, 1.54) is 6.92 Å². The number of benzene rings is 2. The number of aliphatic carboxylic acids is 1. The minimum Gasteiger partial charge on any atom is -0.550 e. The van der Waals surface area contributed by atoms with Crippen LogP contribution in [0.25, 0.3) is 11.1 Å². The van der Waals surface area contributed by atoms with Crippen molar-refractivity contribution in [1.82, 2.24) is 0 Å². The first-order valence-electron chi connectivity index (χ1n) is 6.24. The second-order valence-corrected chi connectivity index (χ2v) is 4.24. The number of carbonyl (C=O) groups is 2. The van der Waals surface area contributed by atoms with E-state index in [-0.39, 0.29) is 0 Å². The lowest BCUT2D eigenvalue weighted by Crippen LogP contribution is -2.23. The number of amides is 1. The zero-order valence-electron chi connectivity index (χ0n) is 11.8. The molecule has 5 heteroatoms. The van der Waals surface area contributed by atoms with Gasteiger partial charge in [-0.3, -0.25) is 10.0 Å². The lowest BCUT2D eigenvalue weighted by atomic mass is 10.1. The van der Waals surface area contributed by atoms with Crippen LogP contribution in [-0.2, 0) is 9.59 Å². The SMILES string of the molecule is CC(=O)N(O)c1ccc(-c2ccccc2)cc1.CC(=O)[O-]. The average Bonchev–Trinajstić information content (AvgIpc) is 2.47. The number of hydrogen-bond donors (Lipinski definition) is 1. The van der Waals surface area contributed by atoms with Crippen molar-refractivity contribution in [3.8, 4) is 11.1 Å². The number of carbonyl (C=O) groups excluding carboxylic acids is 2. The molecule has 0 saturated heterocycles. The molecule has 1 N–H and O–H groups in total. The number of rotatable bonds is 2. The fourth-order valence-electron chi connectivity index (χ4n) is 1.61. The predicted octanol–water partition coefficient (Wildman–Crippen LogP) is 1.85. The molecule has 0 unspecified atom stereocenters. The van der Waals surface area contributed by atoms with Gasteiger partial charge in [-0.05, 0) is 30.2 Å². The Kier molecular flexibility index (Phi) is 6.10. The van der Waals surface area contributed by atoms with Gasteiger partial charge in [0.05, 0.1) is 5.69 Å². The monoisotopic (exact) mass is 286 g/mol. The van der Waals surface area contributed by atoms with Crippen LogP contribution in [0.15, 0.2) is 54.6 Å². The molecule has 2 aromatic carbocycles. The molecule has 0 spiro atoms. The van der Waals surface area contributed by atoms with Crippen molar-refractivity contribution in [1.29, 1.82) is 0 Å². The third kappa shape index (κ3) is 5.46. The van der Waals surface area contributed by atoms with Gasteiger partial charge in [0.15, 0.2) is 0 Å². The molecular formula is C16H16NO4-. The van der Waals surface area contributed by atoms with Gasteiger partial charge in [0.1, 0.15) is 0 Å². The largest absolute Gasteiger partial charge is 0.550 e. The van der Waals surface area contributed by atoms with Gasteiger partial charge in [0, 0.05) is 12.9 Å². The van der Waals surface area contributed by atoms with Crippen molar-refractivity contribution in [2.24, 2.45) is 0 Å². The van der Waals surface area contributed by atoms with Gasteiger partial charge >= 0.3 is 0 Å². The smallest absolute Gasteiger partial charge is 0.247 e. The summed E-state index contributed by atoms with van der Waals surface area (Å²) in [6.45, 7) is 2.28. The Balaban J connectivity index is 0.000000491. The number of hydroxylamine groups is 1. The second-order valence-electron chi connectivity index (χ2n) is 4.24. The molecule has 2 rings (SSSR count). The van der Waals surface area contributed by atoms with Gasteiger partial charge in [-0.1, -0.05) is 42.5 Å². The van der Waals surface area contributed by atoms with Gasteiger partial charge in [0.25, 0.3) is 0 Å². The van der Waals surface area contributed by atoms with Gasteiger partial charge in [-0.15, -0.1) is 0 Å². The minimum atomic E-state index is -1.08. The molecule has 110 valence electrons. The number of carboxylic acids is 1. The highest BCUT2D eigenvalue weighted by atomic mass is 16.5. The molecule has 0 radical (unpaired) electrons. The number of anilines is 1. The fourth-order valence-corrected chi connectivity index (χ4v) is 1.61. The van der Waals surface area contributed by atoms with Crippen molar-refractivity contribution in [2.75, 3.05) is 5.06 Å². The fraction of sp³-hybridized carbons (Fsp3) is 0.125. The topological polar surface area (TPSA) is 80.7 Å². The van der Waals surface area contributed by atoms with Crippen LogP contribution in [0.4, 0.5) is 5.69 Å². The number of carboxylic acid groups (broad SMARTS) is 1. The Bertz CT molecular complexity index is 589. The van der Waals surface area contributed by atoms with E-state index in [9.17, 15) is 10.0 Å². The lowest BCUT2D eigenvalue weighted by Gasteiger charge is -2.12. The molecule has 0 heterocycles. The molecule has 5 nitrogen and oxygen atoms in total. The summed E-state index contributed by atoms with van der Waals surface area (Å²) in [7, 11) is 0. The Morgan fingerprint density at radius 3 is 1.76 bits per heavy atom. The summed E-state index contributed by atoms with van der Waals surface area (Å²) in [4.78, 5) is 19.9. The van der Waals surface area contributed by atoms with Crippen LogP contribution in [0.3, 0.4) is 0 Å². The van der Waals surface area contributed by atoms with Gasteiger partial charge in [-0.2, -0.15) is 5.06 Å². The molecule has 0 bridgehead atoms. The van der Waals surface area contributed by atoms with E-state index in [1.807, 2.05) is 42.5 Å². The van der Waals surface area contributed by atoms with E-state index in [4.69, 9.17) is 9.90 Å². The molecule has 0 aliphatic heterocycles. The summed E-state index contributed by atoms with van der Waals surface area (Å²) in [6.07, 6.45) is 0. The summed E-state index contributed by atoms with van der Waals surface area (Å²) in [5, 5.41) is 19.0. The molecule has 0 atom stereocenters. The van der Waals surface area contributed by atoms with Crippen molar-refractivity contribution in [2.45, 2.75) is 13.8 Å². The van der Waals surface area contributed by atoms with Gasteiger partial charge in [-0.25, -0.2) is 0 Å². The van der Waals surface area contributed by atoms with Gasteiger partial charge < -0.3 is 9.90 Å². The summed E-state index contributed by atoms with van der Waals surface area (Å²) in [5.74, 6) is -1.49. The number of hydrogen-bond acceptors (Lipinski definition) is 4. The zero-order valence-corrected chi connectivity index (χ0v) is 11.8. The molecule has 2 aromatic rings. The summed E-state index contributed by atoms with van der Waals surface area (Å²) < 4.78 is 0. The average molecular weight is 286 g/mol. The zero-order chi connectivity index (χ0) is 15.8. The first-order valence-corrected chi connectivity index (χ1v) is 6.24. The maximum absolute atomic E-state index is 11.0. The maximum atomic E-state index is 11.0. The highest BCUT2D eigenvalue weighted by molar-refractivity contribution is 5.89. The van der Waals surface area contributed by atoms with E-state index >= 15 is 0 Å².